The molecule has 252 valence electrons. The third-order valence-electron chi connectivity index (χ3n) is 10.2. The lowest BCUT2D eigenvalue weighted by Crippen LogP contribution is -2.08. The SMILES string of the molecule is c1ccc(-c2ccc(-c3nc(CCc4c(Cn5c6ccccc6c6ccccc65)ccc5oc6cnccc6c45)nc(-c4ccccc4)n3)cc2)cc1. The van der Waals surface area contributed by atoms with Gasteiger partial charge >= 0.3 is 0 Å². The minimum atomic E-state index is 0.620. The highest BCUT2D eigenvalue weighted by Gasteiger charge is 2.19. The lowest BCUT2D eigenvalue weighted by Gasteiger charge is -2.15. The minimum Gasteiger partial charge on any atom is -0.454 e. The first-order chi connectivity index (χ1) is 26.3. The van der Waals surface area contributed by atoms with Crippen LogP contribution in [0.5, 0.6) is 0 Å². The molecule has 0 unspecified atom stereocenters. The lowest BCUT2D eigenvalue weighted by atomic mass is 9.96. The molecule has 6 heteroatoms. The molecule has 6 nitrogen and oxygen atoms in total. The Hall–Kier alpha value is -6.92. The van der Waals surface area contributed by atoms with Crippen LogP contribution in [-0.4, -0.2) is 24.5 Å². The number of nitrogens with zero attached hydrogens (tertiary/aromatic N) is 5. The first-order valence-electron chi connectivity index (χ1n) is 18.0. The van der Waals surface area contributed by atoms with E-state index in [-0.39, 0.29) is 0 Å². The molecule has 0 aliphatic heterocycles. The Kier molecular flexibility index (Phi) is 7.57. The first-order valence-corrected chi connectivity index (χ1v) is 18.0. The molecule has 0 saturated heterocycles. The average Bonchev–Trinajstić information content (AvgIpc) is 3.77. The maximum atomic E-state index is 6.36. The molecular weight excluding hydrogens is 651 g/mol. The standard InChI is InChI=1S/C47H33N5O/c1-3-11-31(12-4-1)32-19-21-34(22-20-32)47-50-44(49-46(51-47)33-13-5-2-6-14-33)26-24-36-35(23-25-42-45(36)39-27-28-48-29-43(39)53-42)30-52-40-17-9-7-15-37(40)38-16-8-10-18-41(38)52/h1-23,25,27-29H,24,26,30H2. The highest BCUT2D eigenvalue weighted by atomic mass is 16.3. The Labute approximate surface area is 306 Å². The van der Waals surface area contributed by atoms with E-state index >= 15 is 0 Å². The first kappa shape index (κ1) is 30.9. The Balaban J connectivity index is 1.08. The molecule has 0 bridgehead atoms. The molecular formula is C47H33N5O. The zero-order valence-electron chi connectivity index (χ0n) is 28.9. The Morgan fingerprint density at radius 2 is 1.06 bits per heavy atom. The van der Waals surface area contributed by atoms with E-state index in [1.54, 1.807) is 6.20 Å². The van der Waals surface area contributed by atoms with Crippen molar-refractivity contribution in [1.29, 1.82) is 0 Å². The Morgan fingerprint density at radius 3 is 1.75 bits per heavy atom. The van der Waals surface area contributed by atoms with Gasteiger partial charge in [-0.15, -0.1) is 0 Å². The predicted molar refractivity (Wildman–Crippen MR) is 214 cm³/mol. The summed E-state index contributed by atoms with van der Waals surface area (Å²) in [7, 11) is 0. The fourth-order valence-corrected chi connectivity index (χ4v) is 7.67. The van der Waals surface area contributed by atoms with Gasteiger partial charge in [-0.3, -0.25) is 4.98 Å². The van der Waals surface area contributed by atoms with E-state index in [4.69, 9.17) is 19.4 Å². The number of pyridine rings is 1. The summed E-state index contributed by atoms with van der Waals surface area (Å²) in [5, 5.41) is 4.70. The van der Waals surface area contributed by atoms with Gasteiger partial charge in [-0.25, -0.2) is 15.0 Å². The van der Waals surface area contributed by atoms with Crippen molar-refractivity contribution >= 4 is 43.7 Å². The van der Waals surface area contributed by atoms with Gasteiger partial charge in [0, 0.05) is 62.9 Å². The summed E-state index contributed by atoms with van der Waals surface area (Å²) in [6.07, 6.45) is 4.98. The van der Waals surface area contributed by atoms with E-state index < -0.39 is 0 Å². The molecule has 0 N–H and O–H groups in total. The van der Waals surface area contributed by atoms with Gasteiger partial charge < -0.3 is 8.98 Å². The summed E-state index contributed by atoms with van der Waals surface area (Å²) in [5.74, 6) is 2.08. The molecule has 0 radical (unpaired) electrons. The van der Waals surface area contributed by atoms with E-state index in [1.165, 1.54) is 38.5 Å². The van der Waals surface area contributed by atoms with Gasteiger partial charge in [0.15, 0.2) is 17.2 Å². The lowest BCUT2D eigenvalue weighted by molar-refractivity contribution is 0.666. The maximum Gasteiger partial charge on any atom is 0.163 e. The third kappa shape index (κ3) is 5.61. The molecule has 0 spiro atoms. The van der Waals surface area contributed by atoms with Crippen LogP contribution in [0, 0.1) is 0 Å². The summed E-state index contributed by atoms with van der Waals surface area (Å²) in [6, 6.07) is 52.8. The Morgan fingerprint density at radius 1 is 0.472 bits per heavy atom. The van der Waals surface area contributed by atoms with Crippen LogP contribution in [-0.2, 0) is 19.4 Å². The average molecular weight is 684 g/mol. The van der Waals surface area contributed by atoms with Gasteiger partial charge in [-0.2, -0.15) is 0 Å². The van der Waals surface area contributed by atoms with Crippen LogP contribution in [0.25, 0.3) is 77.6 Å². The minimum absolute atomic E-state index is 0.620. The van der Waals surface area contributed by atoms with E-state index in [1.807, 2.05) is 30.5 Å². The van der Waals surface area contributed by atoms with Crippen molar-refractivity contribution in [3.8, 4) is 33.9 Å². The second-order valence-electron chi connectivity index (χ2n) is 13.4. The summed E-state index contributed by atoms with van der Waals surface area (Å²) in [4.78, 5) is 19.5. The van der Waals surface area contributed by atoms with Crippen molar-refractivity contribution < 1.29 is 4.42 Å². The second kappa shape index (κ2) is 13.0. The summed E-state index contributed by atoms with van der Waals surface area (Å²) in [5.41, 5.74) is 10.8. The third-order valence-corrected chi connectivity index (χ3v) is 10.2. The zero-order chi connectivity index (χ0) is 35.1. The molecule has 4 heterocycles. The number of rotatable bonds is 8. The monoisotopic (exact) mass is 683 g/mol. The maximum absolute atomic E-state index is 6.36. The van der Waals surface area contributed by atoms with Gasteiger partial charge in [0.1, 0.15) is 11.4 Å². The largest absolute Gasteiger partial charge is 0.454 e. The van der Waals surface area contributed by atoms with E-state index in [0.29, 0.717) is 31.0 Å². The molecule has 0 aliphatic rings. The zero-order valence-corrected chi connectivity index (χ0v) is 28.9. The molecule has 0 amide bonds. The number of hydrogen-bond acceptors (Lipinski definition) is 5. The number of furan rings is 1. The summed E-state index contributed by atoms with van der Waals surface area (Å²) < 4.78 is 8.80. The number of hydrogen-bond donors (Lipinski definition) is 0. The van der Waals surface area contributed by atoms with Crippen molar-refractivity contribution in [3.63, 3.8) is 0 Å². The van der Waals surface area contributed by atoms with Crippen LogP contribution in [0.15, 0.2) is 168 Å². The molecule has 0 aliphatic carbocycles. The fourth-order valence-electron chi connectivity index (χ4n) is 7.67. The van der Waals surface area contributed by atoms with E-state index in [0.717, 1.165) is 44.5 Å². The van der Waals surface area contributed by atoms with Crippen LogP contribution in [0.1, 0.15) is 17.0 Å². The predicted octanol–water partition coefficient (Wildman–Crippen LogP) is 11.1. The molecule has 0 fully saturated rings. The summed E-state index contributed by atoms with van der Waals surface area (Å²) >= 11 is 0. The van der Waals surface area contributed by atoms with Gasteiger partial charge in [0.25, 0.3) is 0 Å². The van der Waals surface area contributed by atoms with Crippen LogP contribution < -0.4 is 0 Å². The van der Waals surface area contributed by atoms with Crippen molar-refractivity contribution in [2.24, 2.45) is 0 Å². The number of para-hydroxylation sites is 2. The van der Waals surface area contributed by atoms with Gasteiger partial charge in [0.2, 0.25) is 0 Å². The van der Waals surface area contributed by atoms with E-state index in [9.17, 15) is 0 Å². The van der Waals surface area contributed by atoms with Crippen molar-refractivity contribution in [3.05, 3.63) is 181 Å². The van der Waals surface area contributed by atoms with E-state index in [2.05, 4.69) is 137 Å². The van der Waals surface area contributed by atoms with Crippen LogP contribution in [0.4, 0.5) is 0 Å². The number of benzene rings is 6. The molecule has 53 heavy (non-hydrogen) atoms. The Bertz CT molecular complexity index is 2860. The fraction of sp³-hybridized carbons (Fsp3) is 0.0638. The van der Waals surface area contributed by atoms with Crippen LogP contribution in [0.3, 0.4) is 0 Å². The molecule has 0 saturated carbocycles. The quantitative estimate of drug-likeness (QED) is 0.159. The van der Waals surface area contributed by atoms with Gasteiger partial charge in [0.05, 0.1) is 6.20 Å². The summed E-state index contributed by atoms with van der Waals surface area (Å²) in [6.45, 7) is 0.711. The number of aromatic nitrogens is 5. The van der Waals surface area contributed by atoms with Crippen molar-refractivity contribution in [2.45, 2.75) is 19.4 Å². The molecule has 4 aromatic heterocycles. The van der Waals surface area contributed by atoms with Crippen LogP contribution >= 0.6 is 0 Å². The molecule has 0 atom stereocenters. The van der Waals surface area contributed by atoms with Crippen LogP contribution in [0.2, 0.25) is 0 Å². The smallest absolute Gasteiger partial charge is 0.163 e. The second-order valence-corrected chi connectivity index (χ2v) is 13.4. The number of fused-ring (bicyclic) bond motifs is 6. The molecule has 10 aromatic rings. The van der Waals surface area contributed by atoms with Gasteiger partial charge in [-0.1, -0.05) is 127 Å². The van der Waals surface area contributed by atoms with Crippen molar-refractivity contribution in [2.75, 3.05) is 0 Å². The normalized spacial score (nSPS) is 11.6. The highest BCUT2D eigenvalue weighted by Crippen LogP contribution is 2.36. The molecule has 6 aromatic carbocycles. The molecule has 10 rings (SSSR count). The van der Waals surface area contributed by atoms with Gasteiger partial charge in [-0.05, 0) is 52.9 Å². The number of aryl methyl sites for hydroxylation is 2. The highest BCUT2D eigenvalue weighted by molar-refractivity contribution is 6.09. The topological polar surface area (TPSA) is 69.6 Å². The van der Waals surface area contributed by atoms with Crippen molar-refractivity contribution in [1.82, 2.24) is 24.5 Å².